The van der Waals surface area contributed by atoms with E-state index in [-0.39, 0.29) is 12.0 Å². The van der Waals surface area contributed by atoms with E-state index in [9.17, 15) is 4.79 Å². The van der Waals surface area contributed by atoms with E-state index in [0.29, 0.717) is 37.3 Å². The number of nitrogens with zero attached hydrogens (tertiary/aromatic N) is 1. The summed E-state index contributed by atoms with van der Waals surface area (Å²) in [4.78, 5) is 14.8. The van der Waals surface area contributed by atoms with Crippen molar-refractivity contribution in [1.82, 2.24) is 4.90 Å². The number of hydrogen-bond acceptors (Lipinski definition) is 5. The van der Waals surface area contributed by atoms with Crippen molar-refractivity contribution in [2.45, 2.75) is 18.9 Å². The molecule has 2 aliphatic rings. The molecule has 4 rings (SSSR count). The van der Waals surface area contributed by atoms with E-state index in [2.05, 4.69) is 0 Å². The fourth-order valence-corrected chi connectivity index (χ4v) is 4.80. The van der Waals surface area contributed by atoms with Gasteiger partial charge in [-0.15, -0.1) is 0 Å². The van der Waals surface area contributed by atoms with Crippen LogP contribution in [0.15, 0.2) is 39.7 Å². The van der Waals surface area contributed by atoms with Gasteiger partial charge < -0.3 is 9.15 Å². The van der Waals surface area contributed by atoms with E-state index in [0.717, 1.165) is 25.0 Å². The van der Waals surface area contributed by atoms with Crippen LogP contribution in [0, 0.1) is 0 Å². The molecular formula is C19H15Cl2NO3S2. The maximum absolute atomic E-state index is 12.7. The number of ether oxygens (including phenoxy) is 1. The Bertz CT molecular complexity index is 935. The van der Waals surface area contributed by atoms with Crippen LogP contribution in [0.25, 0.3) is 17.4 Å². The van der Waals surface area contributed by atoms with Crippen molar-refractivity contribution in [1.29, 1.82) is 0 Å². The SMILES string of the molecule is O=C1/C(=C\c2ccc(-c3ccc(Cl)cc3Cl)o2)SC(=S)N1C[C@@H]1CCCO1. The van der Waals surface area contributed by atoms with E-state index < -0.39 is 0 Å². The highest BCUT2D eigenvalue weighted by molar-refractivity contribution is 8.26. The first-order valence-corrected chi connectivity index (χ1v) is 10.4. The molecule has 0 spiro atoms. The van der Waals surface area contributed by atoms with Crippen LogP contribution in [-0.2, 0) is 9.53 Å². The predicted molar refractivity (Wildman–Crippen MR) is 113 cm³/mol. The van der Waals surface area contributed by atoms with Crippen LogP contribution >= 0.6 is 47.2 Å². The normalized spacial score (nSPS) is 21.6. The lowest BCUT2D eigenvalue weighted by molar-refractivity contribution is -0.123. The third-order valence-corrected chi connectivity index (χ3v) is 6.31. The van der Waals surface area contributed by atoms with Gasteiger partial charge in [0.25, 0.3) is 5.91 Å². The van der Waals surface area contributed by atoms with Gasteiger partial charge >= 0.3 is 0 Å². The molecule has 1 amide bonds. The molecule has 8 heteroatoms. The zero-order valence-corrected chi connectivity index (χ0v) is 17.3. The molecule has 0 unspecified atom stereocenters. The zero-order valence-electron chi connectivity index (χ0n) is 14.1. The molecule has 3 heterocycles. The van der Waals surface area contributed by atoms with Gasteiger partial charge in [0.15, 0.2) is 0 Å². The Morgan fingerprint density at radius 3 is 2.89 bits per heavy atom. The average molecular weight is 440 g/mol. The minimum atomic E-state index is -0.108. The Morgan fingerprint density at radius 1 is 1.30 bits per heavy atom. The molecule has 27 heavy (non-hydrogen) atoms. The smallest absolute Gasteiger partial charge is 0.266 e. The lowest BCUT2D eigenvalue weighted by atomic mass is 10.2. The van der Waals surface area contributed by atoms with Gasteiger partial charge in [-0.3, -0.25) is 9.69 Å². The van der Waals surface area contributed by atoms with Crippen LogP contribution in [0.1, 0.15) is 18.6 Å². The van der Waals surface area contributed by atoms with Crippen LogP contribution in [-0.4, -0.2) is 34.4 Å². The second-order valence-electron chi connectivity index (χ2n) is 6.25. The number of rotatable bonds is 4. The lowest BCUT2D eigenvalue weighted by Crippen LogP contribution is -2.35. The molecule has 0 radical (unpaired) electrons. The summed E-state index contributed by atoms with van der Waals surface area (Å²) in [5, 5.41) is 1.07. The Balaban J connectivity index is 1.53. The fraction of sp³-hybridized carbons (Fsp3) is 0.263. The molecule has 0 aliphatic carbocycles. The summed E-state index contributed by atoms with van der Waals surface area (Å²) in [6.45, 7) is 1.25. The number of furan rings is 1. The van der Waals surface area contributed by atoms with Crippen molar-refractivity contribution in [2.24, 2.45) is 0 Å². The van der Waals surface area contributed by atoms with Crippen molar-refractivity contribution in [3.8, 4) is 11.3 Å². The fourth-order valence-electron chi connectivity index (χ4n) is 3.04. The van der Waals surface area contributed by atoms with Gasteiger partial charge in [-0.1, -0.05) is 47.2 Å². The van der Waals surface area contributed by atoms with Gasteiger partial charge in [0.05, 0.1) is 22.6 Å². The van der Waals surface area contributed by atoms with Gasteiger partial charge in [0.2, 0.25) is 0 Å². The third kappa shape index (κ3) is 4.10. The lowest BCUT2D eigenvalue weighted by Gasteiger charge is -2.18. The van der Waals surface area contributed by atoms with Crippen molar-refractivity contribution >= 4 is 63.5 Å². The highest BCUT2D eigenvalue weighted by atomic mass is 35.5. The second-order valence-corrected chi connectivity index (χ2v) is 8.77. The highest BCUT2D eigenvalue weighted by Crippen LogP contribution is 2.36. The summed E-state index contributed by atoms with van der Waals surface area (Å²) < 4.78 is 12.0. The van der Waals surface area contributed by atoms with E-state index in [1.54, 1.807) is 35.2 Å². The number of carbonyl (C=O) groups excluding carboxylic acids is 1. The number of carbonyl (C=O) groups is 1. The maximum atomic E-state index is 12.7. The number of halogens is 2. The standard InChI is InChI=1S/C19H15Cl2NO3S2/c20-11-3-5-14(15(21)8-11)16-6-4-12(25-16)9-17-18(23)22(19(26)27-17)10-13-2-1-7-24-13/h3-6,8-9,13H,1-2,7,10H2/b17-9+/t13-/m0/s1. The quantitative estimate of drug-likeness (QED) is 0.455. The average Bonchev–Trinajstić information content (AvgIpc) is 3.34. The minimum absolute atomic E-state index is 0.0640. The first-order valence-electron chi connectivity index (χ1n) is 8.43. The van der Waals surface area contributed by atoms with Crippen LogP contribution in [0.3, 0.4) is 0 Å². The molecule has 2 saturated heterocycles. The Hall–Kier alpha value is -1.31. The molecule has 2 aliphatic heterocycles. The van der Waals surface area contributed by atoms with Crippen molar-refractivity contribution in [3.63, 3.8) is 0 Å². The molecule has 0 saturated carbocycles. The van der Waals surface area contributed by atoms with Crippen LogP contribution in [0.2, 0.25) is 10.0 Å². The van der Waals surface area contributed by atoms with Crippen molar-refractivity contribution in [3.05, 3.63) is 51.0 Å². The van der Waals surface area contributed by atoms with Crippen molar-refractivity contribution in [2.75, 3.05) is 13.2 Å². The van der Waals surface area contributed by atoms with Gasteiger partial charge in [-0.2, -0.15) is 0 Å². The Kier molecular flexibility index (Phi) is 5.62. The van der Waals surface area contributed by atoms with Gasteiger partial charge in [0, 0.05) is 23.3 Å². The van der Waals surface area contributed by atoms with Crippen LogP contribution in [0.4, 0.5) is 0 Å². The Labute approximate surface area is 176 Å². The first kappa shape index (κ1) is 19.0. The number of hydrogen-bond donors (Lipinski definition) is 0. The molecule has 2 fully saturated rings. The van der Waals surface area contributed by atoms with E-state index in [1.165, 1.54) is 11.8 Å². The zero-order chi connectivity index (χ0) is 19.0. The van der Waals surface area contributed by atoms with Crippen molar-refractivity contribution < 1.29 is 13.9 Å². The topological polar surface area (TPSA) is 42.7 Å². The minimum Gasteiger partial charge on any atom is -0.457 e. The van der Waals surface area contributed by atoms with Gasteiger partial charge in [-0.05, 0) is 43.2 Å². The summed E-state index contributed by atoms with van der Waals surface area (Å²) >= 11 is 18.8. The molecule has 4 nitrogen and oxygen atoms in total. The number of thiocarbonyl (C=S) groups is 1. The Morgan fingerprint density at radius 2 is 2.15 bits per heavy atom. The third-order valence-electron chi connectivity index (χ3n) is 4.38. The van der Waals surface area contributed by atoms with Gasteiger partial charge in [0.1, 0.15) is 15.8 Å². The van der Waals surface area contributed by atoms with E-state index in [1.807, 2.05) is 6.07 Å². The summed E-state index contributed by atoms with van der Waals surface area (Å²) in [6, 6.07) is 8.83. The summed E-state index contributed by atoms with van der Waals surface area (Å²) in [5.74, 6) is 1.06. The molecule has 0 bridgehead atoms. The maximum Gasteiger partial charge on any atom is 0.266 e. The first-order chi connectivity index (χ1) is 13.0. The molecular weight excluding hydrogens is 425 g/mol. The molecule has 1 aromatic carbocycles. The van der Waals surface area contributed by atoms with Crippen LogP contribution < -0.4 is 0 Å². The van der Waals surface area contributed by atoms with E-state index >= 15 is 0 Å². The highest BCUT2D eigenvalue weighted by Gasteiger charge is 2.34. The number of thioether (sulfide) groups is 1. The van der Waals surface area contributed by atoms with E-state index in [4.69, 9.17) is 44.6 Å². The number of benzene rings is 1. The summed E-state index contributed by atoms with van der Waals surface area (Å²) in [5.41, 5.74) is 0.742. The monoisotopic (exact) mass is 439 g/mol. The molecule has 0 N–H and O–H groups in total. The molecule has 2 aromatic rings. The molecule has 140 valence electrons. The second kappa shape index (κ2) is 7.97. The number of amides is 1. The summed E-state index contributed by atoms with van der Waals surface area (Å²) in [7, 11) is 0. The predicted octanol–water partition coefficient (Wildman–Crippen LogP) is 5.63. The largest absolute Gasteiger partial charge is 0.457 e. The van der Waals surface area contributed by atoms with Gasteiger partial charge in [-0.25, -0.2) is 0 Å². The van der Waals surface area contributed by atoms with Crippen LogP contribution in [0.5, 0.6) is 0 Å². The summed E-state index contributed by atoms with van der Waals surface area (Å²) in [6.07, 6.45) is 3.76. The molecule has 1 aromatic heterocycles. The molecule has 1 atom stereocenters.